The molecule has 0 bridgehead atoms. The van der Waals surface area contributed by atoms with E-state index in [4.69, 9.17) is 5.73 Å². The largest absolute Gasteiger partial charge is 0.399 e. The van der Waals surface area contributed by atoms with Crippen molar-refractivity contribution in [3.05, 3.63) is 35.4 Å². The quantitative estimate of drug-likeness (QED) is 0.409. The molecule has 14 heavy (non-hydrogen) atoms. The average molecular weight is 188 g/mol. The standard InChI is InChI=1S/C10H8N2O2/c11-9-3-1-7(2-4-9)5-8-6-12-14-10(8)13/h1-6H,11H2. The number of nitrogens with zero attached hydrogens (tertiary/aromatic N) is 1. The first-order valence-corrected chi connectivity index (χ1v) is 4.08. The van der Waals surface area contributed by atoms with Crippen molar-refractivity contribution in [1.29, 1.82) is 0 Å². The summed E-state index contributed by atoms with van der Waals surface area (Å²) in [5, 5.41) is 3.39. The van der Waals surface area contributed by atoms with E-state index >= 15 is 0 Å². The zero-order valence-electron chi connectivity index (χ0n) is 7.31. The van der Waals surface area contributed by atoms with E-state index in [0.717, 1.165) is 5.56 Å². The monoisotopic (exact) mass is 188 g/mol. The Morgan fingerprint density at radius 1 is 1.29 bits per heavy atom. The van der Waals surface area contributed by atoms with Gasteiger partial charge in [0.25, 0.3) is 0 Å². The summed E-state index contributed by atoms with van der Waals surface area (Å²) >= 11 is 0. The Morgan fingerprint density at radius 2 is 2.00 bits per heavy atom. The number of carbonyl (C=O) groups is 1. The molecule has 0 saturated heterocycles. The number of anilines is 1. The van der Waals surface area contributed by atoms with Gasteiger partial charge in [-0.2, -0.15) is 0 Å². The predicted octanol–water partition coefficient (Wildman–Crippen LogP) is 1.19. The second kappa shape index (κ2) is 3.33. The summed E-state index contributed by atoms with van der Waals surface area (Å²) in [7, 11) is 0. The highest BCUT2D eigenvalue weighted by Gasteiger charge is 2.14. The number of carbonyl (C=O) groups excluding carboxylic acids is 1. The minimum atomic E-state index is -0.429. The molecule has 0 aliphatic carbocycles. The molecule has 1 aliphatic rings. The molecule has 1 heterocycles. The third kappa shape index (κ3) is 1.64. The number of oxime groups is 1. The fourth-order valence-corrected chi connectivity index (χ4v) is 1.10. The highest BCUT2D eigenvalue weighted by atomic mass is 16.7. The number of nitrogen functional groups attached to an aromatic ring is 1. The fraction of sp³-hybridized carbons (Fsp3) is 0. The van der Waals surface area contributed by atoms with Crippen LogP contribution >= 0.6 is 0 Å². The van der Waals surface area contributed by atoms with Gasteiger partial charge in [-0.3, -0.25) is 0 Å². The van der Waals surface area contributed by atoms with Crippen LogP contribution in [0.15, 0.2) is 35.0 Å². The molecule has 0 amide bonds. The second-order valence-electron chi connectivity index (χ2n) is 2.88. The van der Waals surface area contributed by atoms with E-state index in [-0.39, 0.29) is 0 Å². The van der Waals surface area contributed by atoms with Gasteiger partial charge in [-0.1, -0.05) is 17.3 Å². The lowest BCUT2D eigenvalue weighted by atomic mass is 10.1. The highest BCUT2D eigenvalue weighted by molar-refractivity contribution is 6.15. The normalized spacial score (nSPS) is 17.4. The topological polar surface area (TPSA) is 64.7 Å². The Kier molecular flexibility index (Phi) is 2.02. The number of hydrogen-bond acceptors (Lipinski definition) is 4. The predicted molar refractivity (Wildman–Crippen MR) is 53.4 cm³/mol. The Balaban J connectivity index is 2.29. The first-order valence-electron chi connectivity index (χ1n) is 4.08. The smallest absolute Gasteiger partial charge is 0.367 e. The minimum absolute atomic E-state index is 0.429. The Bertz CT molecular complexity index is 418. The molecule has 2 rings (SSSR count). The van der Waals surface area contributed by atoms with Crippen LogP contribution in [0.2, 0.25) is 0 Å². The lowest BCUT2D eigenvalue weighted by molar-refractivity contribution is -0.136. The van der Waals surface area contributed by atoms with Gasteiger partial charge >= 0.3 is 5.97 Å². The molecule has 4 heteroatoms. The zero-order chi connectivity index (χ0) is 9.97. The van der Waals surface area contributed by atoms with Crippen LogP contribution in [0.1, 0.15) is 5.56 Å². The molecule has 0 radical (unpaired) electrons. The molecular formula is C10H8N2O2. The van der Waals surface area contributed by atoms with Crippen LogP contribution in [0.3, 0.4) is 0 Å². The van der Waals surface area contributed by atoms with Crippen molar-refractivity contribution in [2.45, 2.75) is 0 Å². The maximum absolute atomic E-state index is 11.0. The number of hydrogen-bond donors (Lipinski definition) is 1. The molecule has 0 atom stereocenters. The molecule has 0 fully saturated rings. The van der Waals surface area contributed by atoms with Crippen molar-refractivity contribution in [3.8, 4) is 0 Å². The maximum Gasteiger partial charge on any atom is 0.367 e. The van der Waals surface area contributed by atoms with Gasteiger partial charge in [-0.15, -0.1) is 0 Å². The van der Waals surface area contributed by atoms with Crippen LogP contribution in [0.4, 0.5) is 5.69 Å². The fourth-order valence-electron chi connectivity index (χ4n) is 1.10. The summed E-state index contributed by atoms with van der Waals surface area (Å²) in [5.41, 5.74) is 7.54. The maximum atomic E-state index is 11.0. The number of rotatable bonds is 1. The summed E-state index contributed by atoms with van der Waals surface area (Å²) in [6.07, 6.45) is 3.08. The summed E-state index contributed by atoms with van der Waals surface area (Å²) < 4.78 is 0. The molecule has 2 N–H and O–H groups in total. The molecule has 70 valence electrons. The van der Waals surface area contributed by atoms with Gasteiger partial charge in [0.1, 0.15) is 0 Å². The second-order valence-corrected chi connectivity index (χ2v) is 2.88. The molecule has 4 nitrogen and oxygen atoms in total. The molecule has 0 unspecified atom stereocenters. The Morgan fingerprint density at radius 3 is 2.57 bits per heavy atom. The van der Waals surface area contributed by atoms with Gasteiger partial charge in [-0.25, -0.2) is 4.79 Å². The third-order valence-corrected chi connectivity index (χ3v) is 1.82. The van der Waals surface area contributed by atoms with Crippen molar-refractivity contribution >= 4 is 23.9 Å². The van der Waals surface area contributed by atoms with Crippen LogP contribution in [0.5, 0.6) is 0 Å². The van der Waals surface area contributed by atoms with Crippen molar-refractivity contribution in [1.82, 2.24) is 0 Å². The van der Waals surface area contributed by atoms with E-state index in [2.05, 4.69) is 9.99 Å². The Hall–Kier alpha value is -2.10. The molecule has 0 aromatic heterocycles. The van der Waals surface area contributed by atoms with Crippen LogP contribution in [-0.2, 0) is 9.63 Å². The molecule has 0 spiro atoms. The van der Waals surface area contributed by atoms with Crippen molar-refractivity contribution in [2.75, 3.05) is 5.73 Å². The van der Waals surface area contributed by atoms with Gasteiger partial charge in [0.2, 0.25) is 0 Å². The SMILES string of the molecule is Nc1ccc(C=C2C=NOC2=O)cc1. The third-order valence-electron chi connectivity index (χ3n) is 1.82. The summed E-state index contributed by atoms with van der Waals surface area (Å²) in [6, 6.07) is 7.18. The van der Waals surface area contributed by atoms with Crippen LogP contribution in [0, 0.1) is 0 Å². The molecule has 1 aliphatic heterocycles. The van der Waals surface area contributed by atoms with Gasteiger partial charge in [0.15, 0.2) is 0 Å². The molecule has 1 aromatic rings. The molecule has 1 aromatic carbocycles. The van der Waals surface area contributed by atoms with E-state index in [0.29, 0.717) is 11.3 Å². The molecule has 0 saturated carbocycles. The van der Waals surface area contributed by atoms with Crippen molar-refractivity contribution in [3.63, 3.8) is 0 Å². The lowest BCUT2D eigenvalue weighted by Crippen LogP contribution is -1.96. The Labute approximate surface area is 80.7 Å². The highest BCUT2D eigenvalue weighted by Crippen LogP contribution is 2.12. The zero-order valence-corrected chi connectivity index (χ0v) is 7.31. The van der Waals surface area contributed by atoms with Crippen LogP contribution in [-0.4, -0.2) is 12.2 Å². The summed E-state index contributed by atoms with van der Waals surface area (Å²) in [5.74, 6) is -0.429. The summed E-state index contributed by atoms with van der Waals surface area (Å²) in [4.78, 5) is 15.4. The van der Waals surface area contributed by atoms with Gasteiger partial charge < -0.3 is 10.6 Å². The van der Waals surface area contributed by atoms with E-state index in [1.54, 1.807) is 18.2 Å². The van der Waals surface area contributed by atoms with Crippen molar-refractivity contribution < 1.29 is 9.63 Å². The minimum Gasteiger partial charge on any atom is -0.399 e. The molecular weight excluding hydrogens is 180 g/mol. The van der Waals surface area contributed by atoms with Crippen LogP contribution in [0.25, 0.3) is 6.08 Å². The van der Waals surface area contributed by atoms with Gasteiger partial charge in [-0.05, 0) is 23.8 Å². The van der Waals surface area contributed by atoms with Gasteiger partial charge in [0, 0.05) is 5.69 Å². The van der Waals surface area contributed by atoms with E-state index in [1.165, 1.54) is 6.21 Å². The number of benzene rings is 1. The van der Waals surface area contributed by atoms with E-state index in [1.807, 2.05) is 12.1 Å². The first-order chi connectivity index (χ1) is 6.75. The lowest BCUT2D eigenvalue weighted by Gasteiger charge is -1.95. The van der Waals surface area contributed by atoms with Crippen molar-refractivity contribution in [2.24, 2.45) is 5.16 Å². The summed E-state index contributed by atoms with van der Waals surface area (Å²) in [6.45, 7) is 0. The number of nitrogens with two attached hydrogens (primary N) is 1. The first kappa shape index (κ1) is 8.50. The van der Waals surface area contributed by atoms with E-state index in [9.17, 15) is 4.79 Å². The average Bonchev–Trinajstić information content (AvgIpc) is 2.56. The van der Waals surface area contributed by atoms with Gasteiger partial charge in [0.05, 0.1) is 11.8 Å². The van der Waals surface area contributed by atoms with E-state index < -0.39 is 5.97 Å². The van der Waals surface area contributed by atoms with Crippen LogP contribution < -0.4 is 5.73 Å².